The van der Waals surface area contributed by atoms with Crippen LogP contribution in [0.15, 0.2) is 30.5 Å². The zero-order chi connectivity index (χ0) is 14.3. The highest BCUT2D eigenvalue weighted by Crippen LogP contribution is 2.30. The number of amides is 1. The average molecular weight is 292 g/mol. The summed E-state index contributed by atoms with van der Waals surface area (Å²) in [5, 5.41) is 14.2. The van der Waals surface area contributed by atoms with Gasteiger partial charge >= 0.3 is 0 Å². The van der Waals surface area contributed by atoms with E-state index in [4.69, 9.17) is 11.6 Å². The van der Waals surface area contributed by atoms with Gasteiger partial charge in [-0.1, -0.05) is 29.8 Å². The number of halogens is 1. The monoisotopic (exact) mass is 291 g/mol. The van der Waals surface area contributed by atoms with Gasteiger partial charge in [-0.15, -0.1) is 0 Å². The lowest BCUT2D eigenvalue weighted by Crippen LogP contribution is -2.53. The van der Waals surface area contributed by atoms with Gasteiger partial charge in [-0.25, -0.2) is 0 Å². The summed E-state index contributed by atoms with van der Waals surface area (Å²) in [6.07, 6.45) is 1.27. The smallest absolute Gasteiger partial charge is 0.257 e. The number of benzene rings is 1. The molecule has 0 spiro atoms. The minimum Gasteiger partial charge on any atom is -0.389 e. The van der Waals surface area contributed by atoms with Crippen LogP contribution in [0, 0.1) is 0 Å². The van der Waals surface area contributed by atoms with Crippen LogP contribution in [-0.4, -0.2) is 44.9 Å². The van der Waals surface area contributed by atoms with Crippen LogP contribution in [0.5, 0.6) is 0 Å². The first-order chi connectivity index (χ1) is 9.56. The minimum absolute atomic E-state index is 0.127. The first-order valence-electron chi connectivity index (χ1n) is 6.32. The number of aliphatic hydroxyl groups excluding tert-OH is 1. The zero-order valence-electron chi connectivity index (χ0n) is 11.0. The molecule has 3 rings (SSSR count). The summed E-state index contributed by atoms with van der Waals surface area (Å²) in [5.41, 5.74) is 1.82. The van der Waals surface area contributed by atoms with E-state index in [1.807, 2.05) is 18.2 Å². The highest BCUT2D eigenvalue weighted by Gasteiger charge is 2.32. The number of rotatable bonds is 2. The Morgan fingerprint density at radius 3 is 2.75 bits per heavy atom. The van der Waals surface area contributed by atoms with Gasteiger partial charge in [-0.2, -0.15) is 5.10 Å². The summed E-state index contributed by atoms with van der Waals surface area (Å²) in [7, 11) is 1.77. The van der Waals surface area contributed by atoms with Crippen LogP contribution in [0.1, 0.15) is 10.4 Å². The molecule has 104 valence electrons. The summed E-state index contributed by atoms with van der Waals surface area (Å²) in [5.74, 6) is -0.127. The van der Waals surface area contributed by atoms with Crippen molar-refractivity contribution in [1.82, 2.24) is 14.7 Å². The molecule has 1 aliphatic rings. The van der Waals surface area contributed by atoms with Gasteiger partial charge in [0.25, 0.3) is 5.91 Å². The van der Waals surface area contributed by atoms with Crippen molar-refractivity contribution < 1.29 is 9.90 Å². The van der Waals surface area contributed by atoms with Crippen molar-refractivity contribution in [3.63, 3.8) is 0 Å². The van der Waals surface area contributed by atoms with Crippen LogP contribution in [0.2, 0.25) is 5.02 Å². The topological polar surface area (TPSA) is 58.4 Å². The van der Waals surface area contributed by atoms with Crippen LogP contribution in [-0.2, 0) is 7.05 Å². The number of β-amino-alcohol motifs (C(OH)–C–C–N with tert-alkyl or cyclic N) is 1. The number of nitrogens with zero attached hydrogens (tertiary/aromatic N) is 3. The van der Waals surface area contributed by atoms with Crippen molar-refractivity contribution in [2.75, 3.05) is 13.1 Å². The predicted octanol–water partition coefficient (Wildman–Crippen LogP) is 1.56. The highest BCUT2D eigenvalue weighted by molar-refractivity contribution is 6.33. The molecule has 0 aliphatic carbocycles. The fourth-order valence-corrected chi connectivity index (χ4v) is 2.51. The minimum atomic E-state index is -0.417. The van der Waals surface area contributed by atoms with E-state index >= 15 is 0 Å². The Morgan fingerprint density at radius 2 is 2.10 bits per heavy atom. The Bertz CT molecular complexity index is 662. The molecule has 0 atom stereocenters. The number of carbonyl (C=O) groups is 1. The number of aromatic nitrogens is 2. The van der Waals surface area contributed by atoms with E-state index in [1.54, 1.807) is 28.9 Å². The third kappa shape index (κ3) is 2.19. The van der Waals surface area contributed by atoms with E-state index in [0.29, 0.717) is 29.4 Å². The molecule has 2 heterocycles. The van der Waals surface area contributed by atoms with E-state index in [0.717, 1.165) is 5.56 Å². The average Bonchev–Trinajstić information content (AvgIpc) is 2.77. The van der Waals surface area contributed by atoms with E-state index in [9.17, 15) is 9.90 Å². The second-order valence-corrected chi connectivity index (χ2v) is 5.32. The van der Waals surface area contributed by atoms with Gasteiger partial charge in [0.15, 0.2) is 0 Å². The number of hydrogen-bond donors (Lipinski definition) is 1. The second-order valence-electron chi connectivity index (χ2n) is 4.91. The molecular formula is C14H14ClN3O2. The first kappa shape index (κ1) is 13.1. The van der Waals surface area contributed by atoms with Crippen molar-refractivity contribution in [2.24, 2.45) is 7.05 Å². The fourth-order valence-electron chi connectivity index (χ4n) is 2.29. The third-order valence-electron chi connectivity index (χ3n) is 3.34. The summed E-state index contributed by atoms with van der Waals surface area (Å²) in [4.78, 5) is 14.0. The predicted molar refractivity (Wildman–Crippen MR) is 75.6 cm³/mol. The standard InChI is InChI=1S/C14H14ClN3O2/c1-17-8-11(14(20)18-6-9(19)7-18)13(16-17)10-4-2-3-5-12(10)15/h2-5,8-9,19H,6-7H2,1H3. The summed E-state index contributed by atoms with van der Waals surface area (Å²) in [6, 6.07) is 7.30. The molecule has 5 nitrogen and oxygen atoms in total. The third-order valence-corrected chi connectivity index (χ3v) is 3.67. The van der Waals surface area contributed by atoms with Crippen LogP contribution < -0.4 is 0 Å². The normalized spacial score (nSPS) is 15.2. The molecule has 1 saturated heterocycles. The fraction of sp³-hybridized carbons (Fsp3) is 0.286. The Balaban J connectivity index is 2.01. The molecule has 1 amide bonds. The van der Waals surface area contributed by atoms with Crippen molar-refractivity contribution in [1.29, 1.82) is 0 Å². The van der Waals surface area contributed by atoms with Crippen molar-refractivity contribution in [2.45, 2.75) is 6.10 Å². The molecular weight excluding hydrogens is 278 g/mol. The molecule has 0 radical (unpaired) electrons. The van der Waals surface area contributed by atoms with Gasteiger partial charge in [0.2, 0.25) is 0 Å². The van der Waals surface area contributed by atoms with Gasteiger partial charge in [0.05, 0.1) is 16.7 Å². The maximum atomic E-state index is 12.4. The number of aryl methyl sites for hydroxylation is 1. The largest absolute Gasteiger partial charge is 0.389 e. The molecule has 0 saturated carbocycles. The Labute approximate surface area is 121 Å². The molecule has 0 bridgehead atoms. The zero-order valence-corrected chi connectivity index (χ0v) is 11.7. The molecule has 1 aromatic heterocycles. The Hall–Kier alpha value is -1.85. The molecule has 6 heteroatoms. The number of aliphatic hydroxyl groups is 1. The lowest BCUT2D eigenvalue weighted by Gasteiger charge is -2.35. The Kier molecular flexibility index (Phi) is 3.23. The quantitative estimate of drug-likeness (QED) is 0.913. The van der Waals surface area contributed by atoms with Gasteiger partial charge < -0.3 is 10.0 Å². The molecule has 2 aromatic rings. The van der Waals surface area contributed by atoms with Crippen LogP contribution in [0.25, 0.3) is 11.3 Å². The number of likely N-dealkylation sites (tertiary alicyclic amines) is 1. The van der Waals surface area contributed by atoms with E-state index in [2.05, 4.69) is 5.10 Å². The van der Waals surface area contributed by atoms with Gasteiger partial charge in [-0.3, -0.25) is 9.48 Å². The van der Waals surface area contributed by atoms with E-state index in [1.165, 1.54) is 0 Å². The Morgan fingerprint density at radius 1 is 1.40 bits per heavy atom. The van der Waals surface area contributed by atoms with Gasteiger partial charge in [0, 0.05) is 31.9 Å². The van der Waals surface area contributed by atoms with Gasteiger partial charge in [0.1, 0.15) is 5.69 Å². The van der Waals surface area contributed by atoms with Crippen LogP contribution in [0.4, 0.5) is 0 Å². The number of carbonyl (C=O) groups excluding carboxylic acids is 1. The summed E-state index contributed by atoms with van der Waals surface area (Å²) >= 11 is 6.18. The second kappa shape index (κ2) is 4.92. The maximum Gasteiger partial charge on any atom is 0.257 e. The molecule has 20 heavy (non-hydrogen) atoms. The lowest BCUT2D eigenvalue weighted by atomic mass is 10.0. The van der Waals surface area contributed by atoms with Crippen molar-refractivity contribution >= 4 is 17.5 Å². The molecule has 1 aromatic carbocycles. The number of hydrogen-bond acceptors (Lipinski definition) is 3. The van der Waals surface area contributed by atoms with Crippen molar-refractivity contribution in [3.8, 4) is 11.3 Å². The van der Waals surface area contributed by atoms with E-state index < -0.39 is 6.10 Å². The maximum absolute atomic E-state index is 12.4. The SMILES string of the molecule is Cn1cc(C(=O)N2CC(O)C2)c(-c2ccccc2Cl)n1. The van der Waals surface area contributed by atoms with Crippen LogP contribution >= 0.6 is 11.6 Å². The van der Waals surface area contributed by atoms with Crippen LogP contribution in [0.3, 0.4) is 0 Å². The lowest BCUT2D eigenvalue weighted by molar-refractivity contribution is 0.00594. The van der Waals surface area contributed by atoms with E-state index in [-0.39, 0.29) is 5.91 Å². The molecule has 1 N–H and O–H groups in total. The summed E-state index contributed by atoms with van der Waals surface area (Å²) < 4.78 is 1.60. The molecule has 0 unspecified atom stereocenters. The van der Waals surface area contributed by atoms with Crippen molar-refractivity contribution in [3.05, 3.63) is 41.0 Å². The molecule has 1 aliphatic heterocycles. The van der Waals surface area contributed by atoms with Gasteiger partial charge in [-0.05, 0) is 6.07 Å². The molecule has 1 fully saturated rings. The highest BCUT2D eigenvalue weighted by atomic mass is 35.5. The summed E-state index contributed by atoms with van der Waals surface area (Å²) in [6.45, 7) is 0.741. The first-order valence-corrected chi connectivity index (χ1v) is 6.70.